The molecule has 0 aromatic rings. The second-order valence-corrected chi connectivity index (χ2v) is 11.1. The third kappa shape index (κ3) is 19.2. The monoisotopic (exact) mass is 552 g/mol. The zero-order valence-electron chi connectivity index (χ0n) is 27.0. The van der Waals surface area contributed by atoms with Gasteiger partial charge < -0.3 is 9.64 Å². The third-order valence-electron chi connectivity index (χ3n) is 6.81. The summed E-state index contributed by atoms with van der Waals surface area (Å²) in [6.45, 7) is 18.5. The van der Waals surface area contributed by atoms with Crippen molar-refractivity contribution in [1.29, 1.82) is 0 Å². The van der Waals surface area contributed by atoms with Gasteiger partial charge >= 0.3 is 5.97 Å². The van der Waals surface area contributed by atoms with E-state index in [-0.39, 0.29) is 5.78 Å². The Kier molecular flexibility index (Phi) is 20.2. The number of allylic oxidation sites excluding steroid dienone is 9. The minimum atomic E-state index is -0.759. The molecule has 3 unspecified atom stereocenters. The van der Waals surface area contributed by atoms with Crippen LogP contribution in [-0.4, -0.2) is 48.6 Å². The highest BCUT2D eigenvalue weighted by molar-refractivity contribution is 5.99. The standard InChI is InChI=1S/C35H56N2O3/c1-11-32(7)36-24-16-12-13-18-27(2)19-14-15-20-28(3)21-17-25-37(10)26-31(6)29(4)22-23-30(5)35(39)33(8)40-34(9)38/h14-15,17,19-20,22-25,31-33H,11-13,16,18,21,26H2,1-10H3. The number of esters is 1. The van der Waals surface area contributed by atoms with Crippen molar-refractivity contribution in [2.45, 2.75) is 113 Å². The average molecular weight is 553 g/mol. The maximum atomic E-state index is 12.3. The molecule has 0 rings (SSSR count). The molecular formula is C35H56N2O3. The fraction of sp³-hybridized carbons (Fsp3) is 0.571. The highest BCUT2D eigenvalue weighted by atomic mass is 16.5. The van der Waals surface area contributed by atoms with Gasteiger partial charge in [0.2, 0.25) is 0 Å². The van der Waals surface area contributed by atoms with Crippen LogP contribution in [0.5, 0.6) is 0 Å². The van der Waals surface area contributed by atoms with Crippen molar-refractivity contribution in [2.24, 2.45) is 10.9 Å². The van der Waals surface area contributed by atoms with Gasteiger partial charge in [-0.05, 0) is 104 Å². The summed E-state index contributed by atoms with van der Waals surface area (Å²) < 4.78 is 4.98. The molecule has 0 aliphatic heterocycles. The summed E-state index contributed by atoms with van der Waals surface area (Å²) in [5, 5.41) is 0. The number of carbonyl (C=O) groups excluding carboxylic acids is 2. The number of ketones is 1. The van der Waals surface area contributed by atoms with Crippen LogP contribution in [0.2, 0.25) is 0 Å². The minimum Gasteiger partial charge on any atom is -0.454 e. The normalized spacial score (nSPS) is 16.1. The van der Waals surface area contributed by atoms with Crippen LogP contribution in [0.4, 0.5) is 0 Å². The van der Waals surface area contributed by atoms with Gasteiger partial charge in [0.1, 0.15) is 0 Å². The van der Waals surface area contributed by atoms with Crippen LogP contribution in [0.1, 0.15) is 101 Å². The van der Waals surface area contributed by atoms with Crippen molar-refractivity contribution in [1.82, 2.24) is 4.90 Å². The Balaban J connectivity index is 4.54. The number of rotatable bonds is 19. The average Bonchev–Trinajstić information content (AvgIpc) is 2.90. The number of carbonyl (C=O) groups is 2. The molecule has 0 radical (unpaired) electrons. The Morgan fingerprint density at radius 3 is 2.17 bits per heavy atom. The van der Waals surface area contributed by atoms with Crippen LogP contribution in [-0.2, 0) is 14.3 Å². The number of hydrogen-bond donors (Lipinski definition) is 0. The van der Waals surface area contributed by atoms with Gasteiger partial charge in [-0.15, -0.1) is 0 Å². The molecular weight excluding hydrogens is 496 g/mol. The second kappa shape index (κ2) is 21.8. The van der Waals surface area contributed by atoms with Gasteiger partial charge in [-0.2, -0.15) is 0 Å². The maximum absolute atomic E-state index is 12.3. The summed E-state index contributed by atoms with van der Waals surface area (Å²) in [5.74, 6) is -0.298. The van der Waals surface area contributed by atoms with Gasteiger partial charge in [-0.3, -0.25) is 14.6 Å². The van der Waals surface area contributed by atoms with E-state index in [9.17, 15) is 9.59 Å². The highest BCUT2D eigenvalue weighted by Gasteiger charge is 2.17. The van der Waals surface area contributed by atoms with Gasteiger partial charge in [0, 0.05) is 26.6 Å². The molecule has 224 valence electrons. The van der Waals surface area contributed by atoms with E-state index in [0.717, 1.165) is 32.2 Å². The lowest BCUT2D eigenvalue weighted by Crippen LogP contribution is -2.23. The van der Waals surface area contributed by atoms with Crippen LogP contribution in [0, 0.1) is 5.92 Å². The molecule has 0 aliphatic carbocycles. The lowest BCUT2D eigenvalue weighted by atomic mass is 10.0. The molecule has 0 saturated carbocycles. The van der Waals surface area contributed by atoms with E-state index >= 15 is 0 Å². The first-order valence-electron chi connectivity index (χ1n) is 14.8. The topological polar surface area (TPSA) is 59.0 Å². The second-order valence-electron chi connectivity index (χ2n) is 11.1. The van der Waals surface area contributed by atoms with E-state index in [1.165, 1.54) is 36.5 Å². The van der Waals surface area contributed by atoms with Crippen molar-refractivity contribution < 1.29 is 14.3 Å². The summed E-state index contributed by atoms with van der Waals surface area (Å²) in [6.07, 6.45) is 24.7. The predicted octanol–water partition coefficient (Wildman–Crippen LogP) is 8.75. The molecule has 3 atom stereocenters. The minimum absolute atomic E-state index is 0.176. The summed E-state index contributed by atoms with van der Waals surface area (Å²) >= 11 is 0. The summed E-state index contributed by atoms with van der Waals surface area (Å²) in [6, 6.07) is 0.449. The molecule has 0 aromatic heterocycles. The number of aliphatic imine (C=N–C) groups is 1. The molecule has 0 saturated heterocycles. The number of Topliss-reactive ketones (excluding diaryl/α,β-unsaturated/α-hetero) is 1. The molecule has 0 aromatic carbocycles. The van der Waals surface area contributed by atoms with E-state index in [2.05, 4.69) is 101 Å². The SMILES string of the molecule is CCC(C)N=CCCCCC(C)=CC=CC=C(C)CC=CN(C)CC(C)C(C)=CC=C(C)C(=O)C(C)OC(C)=O. The van der Waals surface area contributed by atoms with E-state index in [1.54, 1.807) is 13.8 Å². The largest absolute Gasteiger partial charge is 0.454 e. The number of unbranched alkanes of at least 4 members (excludes halogenated alkanes) is 2. The lowest BCUT2D eigenvalue weighted by molar-refractivity contribution is -0.150. The van der Waals surface area contributed by atoms with Crippen molar-refractivity contribution in [3.63, 3.8) is 0 Å². The third-order valence-corrected chi connectivity index (χ3v) is 6.81. The van der Waals surface area contributed by atoms with Crippen molar-refractivity contribution in [2.75, 3.05) is 13.6 Å². The Morgan fingerprint density at radius 2 is 1.55 bits per heavy atom. The van der Waals surface area contributed by atoms with Crippen molar-refractivity contribution in [3.05, 3.63) is 71.0 Å². The van der Waals surface area contributed by atoms with E-state index in [0.29, 0.717) is 17.5 Å². The first-order chi connectivity index (χ1) is 18.9. The number of ether oxygens (including phenoxy) is 1. The molecule has 0 heterocycles. The van der Waals surface area contributed by atoms with Crippen molar-refractivity contribution >= 4 is 18.0 Å². The molecule has 40 heavy (non-hydrogen) atoms. The van der Waals surface area contributed by atoms with Crippen molar-refractivity contribution in [3.8, 4) is 0 Å². The first-order valence-corrected chi connectivity index (χ1v) is 14.8. The Bertz CT molecular complexity index is 979. The first kappa shape index (κ1) is 37.0. The summed E-state index contributed by atoms with van der Waals surface area (Å²) in [5.41, 5.74) is 4.49. The molecule has 0 aliphatic rings. The maximum Gasteiger partial charge on any atom is 0.303 e. The van der Waals surface area contributed by atoms with Crippen LogP contribution < -0.4 is 0 Å². The van der Waals surface area contributed by atoms with Gasteiger partial charge in [0.15, 0.2) is 11.9 Å². The van der Waals surface area contributed by atoms with Gasteiger partial charge in [0.25, 0.3) is 0 Å². The molecule has 0 fully saturated rings. The fourth-order valence-electron chi connectivity index (χ4n) is 3.77. The molecule has 5 nitrogen and oxygen atoms in total. The Morgan fingerprint density at radius 1 is 0.900 bits per heavy atom. The number of hydrogen-bond acceptors (Lipinski definition) is 5. The molecule has 5 heteroatoms. The van der Waals surface area contributed by atoms with E-state index in [1.807, 2.05) is 12.2 Å². The van der Waals surface area contributed by atoms with E-state index < -0.39 is 12.1 Å². The fourth-order valence-corrected chi connectivity index (χ4v) is 3.77. The van der Waals surface area contributed by atoms with Gasteiger partial charge in [0.05, 0.1) is 0 Å². The zero-order valence-corrected chi connectivity index (χ0v) is 27.0. The van der Waals surface area contributed by atoms with Gasteiger partial charge in [-0.25, -0.2) is 0 Å². The smallest absolute Gasteiger partial charge is 0.303 e. The van der Waals surface area contributed by atoms with Gasteiger partial charge in [-0.1, -0.05) is 73.1 Å². The Hall–Kier alpha value is -2.95. The zero-order chi connectivity index (χ0) is 30.5. The quantitative estimate of drug-likeness (QED) is 0.0528. The summed E-state index contributed by atoms with van der Waals surface area (Å²) in [7, 11) is 2.08. The highest BCUT2D eigenvalue weighted by Crippen LogP contribution is 2.14. The Labute approximate surface area is 245 Å². The number of nitrogens with zero attached hydrogens (tertiary/aromatic N) is 2. The van der Waals surface area contributed by atoms with E-state index in [4.69, 9.17) is 4.74 Å². The van der Waals surface area contributed by atoms with Crippen LogP contribution >= 0.6 is 0 Å². The molecule has 0 bridgehead atoms. The predicted molar refractivity (Wildman–Crippen MR) is 173 cm³/mol. The van der Waals surface area contributed by atoms with Crippen LogP contribution in [0.25, 0.3) is 0 Å². The molecule has 0 N–H and O–H groups in total. The van der Waals surface area contributed by atoms with Crippen LogP contribution in [0.3, 0.4) is 0 Å². The lowest BCUT2D eigenvalue weighted by Gasteiger charge is -2.20. The summed E-state index contributed by atoms with van der Waals surface area (Å²) in [4.78, 5) is 30.1. The van der Waals surface area contributed by atoms with Crippen LogP contribution in [0.15, 0.2) is 76.0 Å². The molecule has 0 amide bonds. The molecule has 0 spiro atoms.